The molecule has 94 valence electrons. The lowest BCUT2D eigenvalue weighted by Crippen LogP contribution is -2.29. The quantitative estimate of drug-likeness (QED) is 0.555. The van der Waals surface area contributed by atoms with Crippen LogP contribution in [0.2, 0.25) is 0 Å². The summed E-state index contributed by atoms with van der Waals surface area (Å²) < 4.78 is 5.57. The van der Waals surface area contributed by atoms with Crippen molar-refractivity contribution in [2.45, 2.75) is 44.6 Å². The van der Waals surface area contributed by atoms with Gasteiger partial charge < -0.3 is 15.8 Å². The molecule has 0 aliphatic heterocycles. The Kier molecular flexibility index (Phi) is 5.07. The summed E-state index contributed by atoms with van der Waals surface area (Å²) in [5.41, 5.74) is 6.02. The van der Waals surface area contributed by atoms with E-state index in [4.69, 9.17) is 10.5 Å². The molecule has 0 heterocycles. The second kappa shape index (κ2) is 6.58. The third-order valence-corrected chi connectivity index (χ3v) is 3.57. The van der Waals surface area contributed by atoms with Gasteiger partial charge >= 0.3 is 0 Å². The fraction of sp³-hybridized carbons (Fsp3) is 1.00. The first kappa shape index (κ1) is 12.3. The van der Waals surface area contributed by atoms with Gasteiger partial charge in [0.25, 0.3) is 0 Å². The van der Waals surface area contributed by atoms with Gasteiger partial charge in [-0.1, -0.05) is 0 Å². The van der Waals surface area contributed by atoms with Crippen LogP contribution in [-0.4, -0.2) is 32.3 Å². The van der Waals surface area contributed by atoms with Crippen LogP contribution in [0.15, 0.2) is 0 Å². The van der Waals surface area contributed by atoms with Crippen LogP contribution in [0.5, 0.6) is 0 Å². The van der Waals surface area contributed by atoms with E-state index >= 15 is 0 Å². The van der Waals surface area contributed by atoms with Crippen LogP contribution >= 0.6 is 0 Å². The number of nitrogens with two attached hydrogens (primary N) is 1. The van der Waals surface area contributed by atoms with Crippen molar-refractivity contribution in [3.8, 4) is 0 Å². The van der Waals surface area contributed by atoms with Gasteiger partial charge in [-0.25, -0.2) is 0 Å². The maximum absolute atomic E-state index is 6.02. The van der Waals surface area contributed by atoms with E-state index in [9.17, 15) is 0 Å². The van der Waals surface area contributed by atoms with Crippen molar-refractivity contribution < 1.29 is 4.74 Å². The largest absolute Gasteiger partial charge is 0.381 e. The van der Waals surface area contributed by atoms with Gasteiger partial charge in [0.05, 0.1) is 0 Å². The average molecular weight is 226 g/mol. The minimum Gasteiger partial charge on any atom is -0.381 e. The molecule has 0 radical (unpaired) electrons. The van der Waals surface area contributed by atoms with Crippen LogP contribution in [0.25, 0.3) is 0 Å². The van der Waals surface area contributed by atoms with Gasteiger partial charge in [0.2, 0.25) is 0 Å². The first-order valence-electron chi connectivity index (χ1n) is 6.90. The van der Waals surface area contributed by atoms with Gasteiger partial charge in [-0.05, 0) is 63.5 Å². The van der Waals surface area contributed by atoms with Crippen LogP contribution in [-0.2, 0) is 4.74 Å². The fourth-order valence-electron chi connectivity index (χ4n) is 1.99. The Morgan fingerprint density at radius 1 is 1.19 bits per heavy atom. The van der Waals surface area contributed by atoms with Crippen LogP contribution in [0.1, 0.15) is 38.5 Å². The number of hydrogen-bond acceptors (Lipinski definition) is 3. The minimum atomic E-state index is 0.443. The lowest BCUT2D eigenvalue weighted by molar-refractivity contribution is 0.122. The summed E-state index contributed by atoms with van der Waals surface area (Å²) in [6.07, 6.45) is 7.75. The molecule has 3 nitrogen and oxygen atoms in total. The van der Waals surface area contributed by atoms with E-state index in [2.05, 4.69) is 5.32 Å². The molecule has 2 aliphatic carbocycles. The van der Waals surface area contributed by atoms with Gasteiger partial charge in [0.1, 0.15) is 0 Å². The van der Waals surface area contributed by atoms with Crippen molar-refractivity contribution in [1.29, 1.82) is 0 Å². The molecule has 0 aromatic rings. The van der Waals surface area contributed by atoms with Crippen LogP contribution < -0.4 is 11.1 Å². The monoisotopic (exact) mass is 226 g/mol. The standard InChI is InChI=1S/C13H26N2O/c14-13(12-4-5-12)6-8-15-7-1-9-16-10-11-2-3-11/h11-13,15H,1-10,14H2. The molecule has 0 aromatic heterocycles. The van der Waals surface area contributed by atoms with Crippen molar-refractivity contribution in [1.82, 2.24) is 5.32 Å². The van der Waals surface area contributed by atoms with Crippen molar-refractivity contribution in [3.05, 3.63) is 0 Å². The molecule has 0 amide bonds. The maximum atomic E-state index is 6.02. The van der Waals surface area contributed by atoms with Crippen LogP contribution in [0, 0.1) is 11.8 Å². The molecule has 2 aliphatic rings. The fourth-order valence-corrected chi connectivity index (χ4v) is 1.99. The molecule has 1 unspecified atom stereocenters. The SMILES string of the molecule is NC(CCNCCCOCC1CC1)C1CC1. The predicted octanol–water partition coefficient (Wildman–Crippen LogP) is 1.52. The van der Waals surface area contributed by atoms with E-state index in [1.807, 2.05) is 0 Å². The summed E-state index contributed by atoms with van der Waals surface area (Å²) in [5, 5.41) is 3.44. The average Bonchev–Trinajstić information content (AvgIpc) is 3.16. The Morgan fingerprint density at radius 3 is 2.69 bits per heavy atom. The lowest BCUT2D eigenvalue weighted by atomic mass is 10.1. The highest BCUT2D eigenvalue weighted by Gasteiger charge is 2.27. The Bertz CT molecular complexity index is 190. The molecule has 2 rings (SSSR count). The van der Waals surface area contributed by atoms with Crippen molar-refractivity contribution in [2.75, 3.05) is 26.3 Å². The van der Waals surface area contributed by atoms with Gasteiger partial charge in [0.15, 0.2) is 0 Å². The molecule has 2 saturated carbocycles. The summed E-state index contributed by atoms with van der Waals surface area (Å²) in [7, 11) is 0. The number of ether oxygens (including phenoxy) is 1. The molecule has 0 spiro atoms. The van der Waals surface area contributed by atoms with Crippen molar-refractivity contribution in [3.63, 3.8) is 0 Å². The number of hydrogen-bond donors (Lipinski definition) is 2. The molecule has 16 heavy (non-hydrogen) atoms. The van der Waals surface area contributed by atoms with E-state index in [-0.39, 0.29) is 0 Å². The van der Waals surface area contributed by atoms with Gasteiger partial charge in [-0.2, -0.15) is 0 Å². The van der Waals surface area contributed by atoms with Crippen molar-refractivity contribution >= 4 is 0 Å². The molecule has 3 heteroatoms. The van der Waals surface area contributed by atoms with Gasteiger partial charge in [-0.3, -0.25) is 0 Å². The second-order valence-electron chi connectivity index (χ2n) is 5.41. The first-order valence-corrected chi connectivity index (χ1v) is 6.90. The van der Waals surface area contributed by atoms with Gasteiger partial charge in [-0.15, -0.1) is 0 Å². The maximum Gasteiger partial charge on any atom is 0.0494 e. The molecule has 3 N–H and O–H groups in total. The normalized spacial score (nSPS) is 22.3. The summed E-state index contributed by atoms with van der Waals surface area (Å²) >= 11 is 0. The zero-order chi connectivity index (χ0) is 11.2. The second-order valence-corrected chi connectivity index (χ2v) is 5.41. The Morgan fingerprint density at radius 2 is 2.00 bits per heavy atom. The summed E-state index contributed by atoms with van der Waals surface area (Å²) in [4.78, 5) is 0. The van der Waals surface area contributed by atoms with E-state index < -0.39 is 0 Å². The molecule has 0 aromatic carbocycles. The summed E-state index contributed by atoms with van der Waals surface area (Å²) in [6, 6.07) is 0.443. The Labute approximate surface area is 99.1 Å². The summed E-state index contributed by atoms with van der Waals surface area (Å²) in [6.45, 7) is 4.05. The van der Waals surface area contributed by atoms with Gasteiger partial charge in [0, 0.05) is 19.3 Å². The minimum absolute atomic E-state index is 0.443. The number of rotatable bonds is 10. The highest BCUT2D eigenvalue weighted by atomic mass is 16.5. The zero-order valence-corrected chi connectivity index (χ0v) is 10.3. The van der Waals surface area contributed by atoms with Crippen LogP contribution in [0.4, 0.5) is 0 Å². The van der Waals surface area contributed by atoms with E-state index in [1.54, 1.807) is 0 Å². The molecular formula is C13H26N2O. The first-order chi connectivity index (χ1) is 7.86. The third-order valence-electron chi connectivity index (χ3n) is 3.57. The van der Waals surface area contributed by atoms with E-state index in [1.165, 1.54) is 25.7 Å². The highest BCUT2D eigenvalue weighted by Crippen LogP contribution is 2.32. The predicted molar refractivity (Wildman–Crippen MR) is 66.3 cm³/mol. The van der Waals surface area contributed by atoms with Crippen molar-refractivity contribution in [2.24, 2.45) is 17.6 Å². The topological polar surface area (TPSA) is 47.3 Å². The lowest BCUT2D eigenvalue weighted by Gasteiger charge is -2.10. The van der Waals surface area contributed by atoms with Crippen LogP contribution in [0.3, 0.4) is 0 Å². The number of nitrogens with one attached hydrogen (secondary N) is 1. The highest BCUT2D eigenvalue weighted by molar-refractivity contribution is 4.84. The smallest absolute Gasteiger partial charge is 0.0494 e. The van der Waals surface area contributed by atoms with E-state index in [0.717, 1.165) is 51.0 Å². The van der Waals surface area contributed by atoms with E-state index in [0.29, 0.717) is 6.04 Å². The third kappa shape index (κ3) is 5.28. The Balaban J connectivity index is 1.29. The molecule has 1 atom stereocenters. The molecule has 0 saturated heterocycles. The summed E-state index contributed by atoms with van der Waals surface area (Å²) in [5.74, 6) is 1.73. The Hall–Kier alpha value is -0.120. The molecule has 2 fully saturated rings. The molecular weight excluding hydrogens is 200 g/mol. The molecule has 0 bridgehead atoms. The zero-order valence-electron chi connectivity index (χ0n) is 10.3.